The van der Waals surface area contributed by atoms with Crippen LogP contribution in [0.15, 0.2) is 36.4 Å². The molecule has 2 aromatic carbocycles. The molecule has 0 unspecified atom stereocenters. The van der Waals surface area contributed by atoms with Gasteiger partial charge in [0.15, 0.2) is 0 Å². The summed E-state index contributed by atoms with van der Waals surface area (Å²) in [6, 6.07) is 9.58. The number of rotatable bonds is 2. The minimum absolute atomic E-state index is 0.189. The molecular formula is C14H11ClFN3O. The van der Waals surface area contributed by atoms with E-state index >= 15 is 0 Å². The highest BCUT2D eigenvalue weighted by Crippen LogP contribution is 2.28. The third-order valence-corrected chi connectivity index (χ3v) is 3.27. The Kier molecular flexibility index (Phi) is 2.99. The van der Waals surface area contributed by atoms with Gasteiger partial charge in [-0.3, -0.25) is 4.57 Å². The van der Waals surface area contributed by atoms with Crippen LogP contribution in [0.3, 0.4) is 0 Å². The average molecular weight is 292 g/mol. The predicted octanol–water partition coefficient (Wildman–Crippen LogP) is 3.41. The maximum Gasteiger partial charge on any atom is 0.206 e. The molecule has 3 rings (SSSR count). The molecule has 0 aliphatic heterocycles. The van der Waals surface area contributed by atoms with Crippen LogP contribution in [0.4, 0.5) is 10.3 Å². The van der Waals surface area contributed by atoms with Gasteiger partial charge in [0, 0.05) is 11.1 Å². The highest BCUT2D eigenvalue weighted by Gasteiger charge is 2.14. The van der Waals surface area contributed by atoms with Gasteiger partial charge >= 0.3 is 0 Å². The first-order chi connectivity index (χ1) is 9.60. The lowest BCUT2D eigenvalue weighted by atomic mass is 10.2. The van der Waals surface area contributed by atoms with Crippen molar-refractivity contribution in [1.29, 1.82) is 0 Å². The summed E-state index contributed by atoms with van der Waals surface area (Å²) in [4.78, 5) is 4.22. The van der Waals surface area contributed by atoms with Crippen molar-refractivity contribution in [2.75, 3.05) is 12.8 Å². The lowest BCUT2D eigenvalue weighted by molar-refractivity contribution is 0.415. The van der Waals surface area contributed by atoms with Crippen molar-refractivity contribution < 1.29 is 9.13 Å². The summed E-state index contributed by atoms with van der Waals surface area (Å²) in [6.45, 7) is 0. The molecule has 3 aromatic rings. The van der Waals surface area contributed by atoms with Gasteiger partial charge in [0.25, 0.3) is 0 Å². The van der Waals surface area contributed by atoms with E-state index in [1.807, 2.05) is 0 Å². The number of methoxy groups -OCH3 is 1. The summed E-state index contributed by atoms with van der Waals surface area (Å²) in [5.41, 5.74) is 7.47. The number of benzene rings is 2. The van der Waals surface area contributed by atoms with Gasteiger partial charge in [0.1, 0.15) is 11.6 Å². The van der Waals surface area contributed by atoms with Crippen molar-refractivity contribution in [3.63, 3.8) is 0 Å². The van der Waals surface area contributed by atoms with Crippen LogP contribution in [0.2, 0.25) is 5.02 Å². The van der Waals surface area contributed by atoms with E-state index in [0.717, 1.165) is 0 Å². The number of aromatic nitrogens is 2. The number of nitrogens with two attached hydrogens (primary N) is 1. The number of halogens is 2. The molecule has 0 fully saturated rings. The Labute approximate surface area is 119 Å². The van der Waals surface area contributed by atoms with Crippen molar-refractivity contribution in [2.24, 2.45) is 0 Å². The first-order valence-corrected chi connectivity index (χ1v) is 6.25. The van der Waals surface area contributed by atoms with Gasteiger partial charge in [-0.05, 0) is 30.3 Å². The minimum atomic E-state index is -0.420. The number of ether oxygens (including phenoxy) is 1. The summed E-state index contributed by atoms with van der Waals surface area (Å²) in [5.74, 6) is 0.430. The monoisotopic (exact) mass is 291 g/mol. The molecule has 4 nitrogen and oxygen atoms in total. The molecule has 2 N–H and O–H groups in total. The number of nitrogen functional groups attached to an aromatic ring is 1. The Morgan fingerprint density at radius 2 is 2.05 bits per heavy atom. The second-order valence-electron chi connectivity index (χ2n) is 4.26. The molecule has 0 aliphatic carbocycles. The second kappa shape index (κ2) is 4.68. The summed E-state index contributed by atoms with van der Waals surface area (Å²) in [7, 11) is 1.57. The van der Waals surface area contributed by atoms with Crippen molar-refractivity contribution in [3.8, 4) is 11.4 Å². The Morgan fingerprint density at radius 1 is 1.25 bits per heavy atom. The minimum Gasteiger partial charge on any atom is -0.497 e. The molecule has 1 aromatic heterocycles. The molecule has 0 bridgehead atoms. The smallest absolute Gasteiger partial charge is 0.206 e. The van der Waals surface area contributed by atoms with Crippen LogP contribution in [0.5, 0.6) is 5.75 Å². The van der Waals surface area contributed by atoms with Gasteiger partial charge in [-0.15, -0.1) is 0 Å². The first-order valence-electron chi connectivity index (χ1n) is 5.87. The summed E-state index contributed by atoms with van der Waals surface area (Å²) >= 11 is 5.92. The molecule has 0 saturated heterocycles. The molecule has 0 aliphatic rings. The largest absolute Gasteiger partial charge is 0.497 e. The van der Waals surface area contributed by atoms with E-state index in [2.05, 4.69) is 4.98 Å². The van der Waals surface area contributed by atoms with Crippen molar-refractivity contribution >= 4 is 28.6 Å². The van der Waals surface area contributed by atoms with Crippen LogP contribution in [-0.2, 0) is 0 Å². The van der Waals surface area contributed by atoms with E-state index < -0.39 is 5.82 Å². The first kappa shape index (κ1) is 12.7. The lowest BCUT2D eigenvalue weighted by Crippen LogP contribution is -2.02. The average Bonchev–Trinajstić information content (AvgIpc) is 2.76. The number of imidazole rings is 1. The number of anilines is 1. The molecule has 0 atom stereocenters. The fraction of sp³-hybridized carbons (Fsp3) is 0.0714. The zero-order valence-corrected chi connectivity index (χ0v) is 11.4. The van der Waals surface area contributed by atoms with Crippen LogP contribution < -0.4 is 10.5 Å². The van der Waals surface area contributed by atoms with Crippen LogP contribution in [0, 0.1) is 5.82 Å². The third kappa shape index (κ3) is 1.96. The van der Waals surface area contributed by atoms with Crippen molar-refractivity contribution in [3.05, 3.63) is 47.2 Å². The topological polar surface area (TPSA) is 53.1 Å². The molecule has 0 spiro atoms. The van der Waals surface area contributed by atoms with E-state index in [9.17, 15) is 4.39 Å². The van der Waals surface area contributed by atoms with E-state index in [0.29, 0.717) is 21.8 Å². The van der Waals surface area contributed by atoms with Gasteiger partial charge in [-0.2, -0.15) is 0 Å². The van der Waals surface area contributed by atoms with Crippen molar-refractivity contribution in [2.45, 2.75) is 0 Å². The van der Waals surface area contributed by atoms with E-state index in [1.165, 1.54) is 22.8 Å². The maximum atomic E-state index is 14.0. The molecule has 102 valence electrons. The zero-order valence-electron chi connectivity index (χ0n) is 10.6. The molecule has 6 heteroatoms. The van der Waals surface area contributed by atoms with Crippen LogP contribution in [0.1, 0.15) is 0 Å². The van der Waals surface area contributed by atoms with Gasteiger partial charge in [-0.1, -0.05) is 11.6 Å². The highest BCUT2D eigenvalue weighted by atomic mass is 35.5. The normalized spacial score (nSPS) is 10.9. The van der Waals surface area contributed by atoms with Gasteiger partial charge in [-0.25, -0.2) is 9.37 Å². The Balaban J connectivity index is 2.30. The number of hydrogen-bond donors (Lipinski definition) is 1. The summed E-state index contributed by atoms with van der Waals surface area (Å²) < 4.78 is 20.7. The lowest BCUT2D eigenvalue weighted by Gasteiger charge is -2.08. The number of nitrogens with zero attached hydrogens (tertiary/aromatic N) is 2. The SMILES string of the molecule is COc1ccc2c(c1)nc(N)n2-c1cc(Cl)ccc1F. The fourth-order valence-electron chi connectivity index (χ4n) is 2.12. The van der Waals surface area contributed by atoms with Crippen LogP contribution >= 0.6 is 11.6 Å². The Hall–Kier alpha value is -2.27. The van der Waals surface area contributed by atoms with E-state index in [1.54, 1.807) is 25.3 Å². The second-order valence-corrected chi connectivity index (χ2v) is 4.69. The zero-order chi connectivity index (χ0) is 14.3. The predicted molar refractivity (Wildman–Crippen MR) is 77.0 cm³/mol. The quantitative estimate of drug-likeness (QED) is 0.787. The molecular weight excluding hydrogens is 281 g/mol. The molecule has 0 amide bonds. The Bertz CT molecular complexity index is 800. The molecule has 0 saturated carbocycles. The van der Waals surface area contributed by atoms with E-state index in [-0.39, 0.29) is 11.6 Å². The fourth-order valence-corrected chi connectivity index (χ4v) is 2.28. The number of fused-ring (bicyclic) bond motifs is 1. The molecule has 20 heavy (non-hydrogen) atoms. The van der Waals surface area contributed by atoms with E-state index in [4.69, 9.17) is 22.1 Å². The maximum absolute atomic E-state index is 14.0. The summed E-state index contributed by atoms with van der Waals surface area (Å²) in [6.07, 6.45) is 0. The van der Waals surface area contributed by atoms with Crippen LogP contribution in [-0.4, -0.2) is 16.7 Å². The summed E-state index contributed by atoms with van der Waals surface area (Å²) in [5, 5.41) is 0.427. The standard InChI is InChI=1S/C14H11ClFN3O/c1-20-9-3-5-12-11(7-9)18-14(17)19(12)13-6-8(15)2-4-10(13)16/h2-7H,1H3,(H2,17,18). The highest BCUT2D eigenvalue weighted by molar-refractivity contribution is 6.30. The van der Waals surface area contributed by atoms with Crippen molar-refractivity contribution in [1.82, 2.24) is 9.55 Å². The van der Waals surface area contributed by atoms with Gasteiger partial charge in [0.05, 0.1) is 23.8 Å². The van der Waals surface area contributed by atoms with Crippen LogP contribution in [0.25, 0.3) is 16.7 Å². The molecule has 1 heterocycles. The number of hydrogen-bond acceptors (Lipinski definition) is 3. The molecule has 0 radical (unpaired) electrons. The third-order valence-electron chi connectivity index (χ3n) is 3.04. The Morgan fingerprint density at radius 3 is 2.80 bits per heavy atom. The van der Waals surface area contributed by atoms with Gasteiger partial charge < -0.3 is 10.5 Å². The van der Waals surface area contributed by atoms with Gasteiger partial charge in [0.2, 0.25) is 5.95 Å².